The molecule has 280 valence electrons. The third-order valence-electron chi connectivity index (χ3n) is 12.4. The van der Waals surface area contributed by atoms with Gasteiger partial charge >= 0.3 is 0 Å². The van der Waals surface area contributed by atoms with Crippen LogP contribution in [0.15, 0.2) is 218 Å². The Hall–Kier alpha value is -7.46. The first-order chi connectivity index (χ1) is 29.7. The Balaban J connectivity index is 1.07. The predicted octanol–water partition coefficient (Wildman–Crippen LogP) is 15.0. The van der Waals surface area contributed by atoms with Gasteiger partial charge in [0, 0.05) is 36.9 Å². The fourth-order valence-electron chi connectivity index (χ4n) is 9.69. The van der Waals surface area contributed by atoms with Crippen molar-refractivity contribution in [1.82, 2.24) is 9.97 Å². The van der Waals surface area contributed by atoms with E-state index in [0.29, 0.717) is 5.82 Å². The second-order valence-corrected chi connectivity index (χ2v) is 16.7. The number of thiophene rings is 1. The van der Waals surface area contributed by atoms with Gasteiger partial charge in [0.1, 0.15) is 0 Å². The first-order valence-corrected chi connectivity index (χ1v) is 21.3. The summed E-state index contributed by atoms with van der Waals surface area (Å²) in [6.45, 7) is 0. The summed E-state index contributed by atoms with van der Waals surface area (Å²) in [6, 6.07) is 79.2. The van der Waals surface area contributed by atoms with Crippen molar-refractivity contribution in [1.29, 1.82) is 0 Å². The van der Waals surface area contributed by atoms with Crippen molar-refractivity contribution >= 4 is 42.3 Å². The molecular weight excluding hydrogens is 745 g/mol. The van der Waals surface area contributed by atoms with Gasteiger partial charge in [-0.1, -0.05) is 200 Å². The highest BCUT2D eigenvalue weighted by atomic mass is 32.1. The van der Waals surface area contributed by atoms with Gasteiger partial charge < -0.3 is 0 Å². The van der Waals surface area contributed by atoms with Gasteiger partial charge in [-0.15, -0.1) is 11.3 Å². The summed E-state index contributed by atoms with van der Waals surface area (Å²) in [5, 5.41) is 4.97. The summed E-state index contributed by atoms with van der Waals surface area (Å²) in [7, 11) is 0. The Morgan fingerprint density at radius 2 is 0.950 bits per heavy atom. The smallest absolute Gasteiger partial charge is 0.160 e. The molecule has 11 aromatic rings. The van der Waals surface area contributed by atoms with Crippen LogP contribution in [0.3, 0.4) is 0 Å². The van der Waals surface area contributed by atoms with Gasteiger partial charge in [0.15, 0.2) is 5.82 Å². The van der Waals surface area contributed by atoms with Crippen LogP contribution in [-0.2, 0) is 5.41 Å². The molecule has 0 saturated carbocycles. The molecule has 2 nitrogen and oxygen atoms in total. The van der Waals surface area contributed by atoms with Crippen LogP contribution in [0, 0.1) is 0 Å². The van der Waals surface area contributed by atoms with Crippen LogP contribution in [0.2, 0.25) is 0 Å². The molecule has 0 amide bonds. The predicted molar refractivity (Wildman–Crippen MR) is 251 cm³/mol. The summed E-state index contributed by atoms with van der Waals surface area (Å²) in [4.78, 5) is 10.8. The fraction of sp³-hybridized carbons (Fsp3) is 0.0175. The van der Waals surface area contributed by atoms with Gasteiger partial charge in [0.2, 0.25) is 0 Å². The van der Waals surface area contributed by atoms with E-state index in [1.54, 1.807) is 0 Å². The average Bonchev–Trinajstić information content (AvgIpc) is 3.86. The number of hydrogen-bond acceptors (Lipinski definition) is 3. The molecule has 0 spiro atoms. The maximum Gasteiger partial charge on any atom is 0.160 e. The number of aromatic nitrogens is 2. The molecule has 0 atom stereocenters. The van der Waals surface area contributed by atoms with Crippen LogP contribution in [0.4, 0.5) is 0 Å². The Bertz CT molecular complexity index is 3380. The molecule has 1 aliphatic carbocycles. The van der Waals surface area contributed by atoms with Crippen LogP contribution >= 0.6 is 11.3 Å². The molecule has 3 heteroatoms. The van der Waals surface area contributed by atoms with Crippen molar-refractivity contribution < 1.29 is 0 Å². The average molecular weight is 781 g/mol. The number of fused-ring (bicyclic) bond motifs is 7. The summed E-state index contributed by atoms with van der Waals surface area (Å²) >= 11 is 1.86. The SMILES string of the molecule is c1ccc(C2(c3ccccc3)c3ccccc3-c3c(-c4cc(-c5ccc(-c6cccc7c6sc6ccccc67)cc5)nc(-c5ccc6ccccc6c5)n4)cccc32)cc1. The lowest BCUT2D eigenvalue weighted by atomic mass is 9.67. The van der Waals surface area contributed by atoms with Gasteiger partial charge in [-0.3, -0.25) is 0 Å². The maximum absolute atomic E-state index is 5.46. The standard InChI is InChI=1S/C57H36N2S/c1-3-17-42(18-4-1)57(43-19-5-2-6-20-43)49-26-11-9-22-47(49)54-48(25-14-27-50(54)57)52-36-51(58-56(59-52)41-34-29-37-15-7-8-16-40(37)35-41)39-32-30-38(31-33-39)44-23-13-24-46-45-21-10-12-28-53(45)60-55(44)46/h1-36H. The minimum absolute atomic E-state index is 0.505. The maximum atomic E-state index is 5.46. The lowest BCUT2D eigenvalue weighted by molar-refractivity contribution is 0.768. The Morgan fingerprint density at radius 3 is 1.77 bits per heavy atom. The number of rotatable bonds is 6. The second-order valence-electron chi connectivity index (χ2n) is 15.6. The summed E-state index contributed by atoms with van der Waals surface area (Å²) in [6.07, 6.45) is 0. The van der Waals surface area contributed by atoms with E-state index < -0.39 is 5.41 Å². The lowest BCUT2D eigenvalue weighted by Gasteiger charge is -2.33. The molecule has 0 bridgehead atoms. The first-order valence-electron chi connectivity index (χ1n) is 20.5. The molecule has 0 radical (unpaired) electrons. The van der Waals surface area contributed by atoms with Crippen LogP contribution in [0.25, 0.3) is 87.1 Å². The van der Waals surface area contributed by atoms with E-state index in [1.807, 2.05) is 11.3 Å². The fourth-order valence-corrected chi connectivity index (χ4v) is 10.9. The third-order valence-corrected chi connectivity index (χ3v) is 13.6. The van der Waals surface area contributed by atoms with Gasteiger partial charge in [-0.05, 0) is 73.5 Å². The number of hydrogen-bond donors (Lipinski definition) is 0. The Morgan fingerprint density at radius 1 is 0.367 bits per heavy atom. The topological polar surface area (TPSA) is 25.8 Å². The van der Waals surface area contributed by atoms with Gasteiger partial charge in [0.05, 0.1) is 16.8 Å². The molecule has 9 aromatic carbocycles. The van der Waals surface area contributed by atoms with Crippen LogP contribution in [0.1, 0.15) is 22.3 Å². The van der Waals surface area contributed by atoms with Gasteiger partial charge in [0.25, 0.3) is 0 Å². The zero-order valence-corrected chi connectivity index (χ0v) is 33.4. The van der Waals surface area contributed by atoms with Gasteiger partial charge in [-0.25, -0.2) is 9.97 Å². The van der Waals surface area contributed by atoms with Crippen molar-refractivity contribution in [2.75, 3.05) is 0 Å². The lowest BCUT2D eigenvalue weighted by Crippen LogP contribution is -2.28. The van der Waals surface area contributed by atoms with E-state index in [1.165, 1.54) is 70.1 Å². The largest absolute Gasteiger partial charge is 0.228 e. The van der Waals surface area contributed by atoms with Crippen molar-refractivity contribution in [3.8, 4) is 56.2 Å². The molecule has 0 fully saturated rings. The summed E-state index contributed by atoms with van der Waals surface area (Å²) in [5.41, 5.74) is 14.3. The zero-order valence-electron chi connectivity index (χ0n) is 32.6. The van der Waals surface area contributed by atoms with Crippen LogP contribution in [0.5, 0.6) is 0 Å². The summed E-state index contributed by atoms with van der Waals surface area (Å²) in [5.74, 6) is 0.702. The summed E-state index contributed by atoms with van der Waals surface area (Å²) < 4.78 is 2.63. The van der Waals surface area contributed by atoms with E-state index in [9.17, 15) is 0 Å². The van der Waals surface area contributed by atoms with Crippen molar-refractivity contribution in [3.63, 3.8) is 0 Å². The van der Waals surface area contributed by atoms with Crippen LogP contribution < -0.4 is 0 Å². The number of benzene rings is 9. The molecule has 0 aliphatic heterocycles. The highest BCUT2D eigenvalue weighted by Gasteiger charge is 2.46. The number of nitrogens with zero attached hydrogens (tertiary/aromatic N) is 2. The molecule has 60 heavy (non-hydrogen) atoms. The second kappa shape index (κ2) is 13.8. The highest BCUT2D eigenvalue weighted by Crippen LogP contribution is 2.58. The van der Waals surface area contributed by atoms with Crippen molar-refractivity contribution in [2.24, 2.45) is 0 Å². The van der Waals surface area contributed by atoms with E-state index in [-0.39, 0.29) is 0 Å². The van der Waals surface area contributed by atoms with E-state index in [0.717, 1.165) is 33.5 Å². The van der Waals surface area contributed by atoms with Crippen LogP contribution in [-0.4, -0.2) is 9.97 Å². The molecule has 1 aliphatic rings. The van der Waals surface area contributed by atoms with Crippen molar-refractivity contribution in [2.45, 2.75) is 5.41 Å². The van der Waals surface area contributed by atoms with Crippen molar-refractivity contribution in [3.05, 3.63) is 241 Å². The van der Waals surface area contributed by atoms with Gasteiger partial charge in [-0.2, -0.15) is 0 Å². The molecule has 0 saturated heterocycles. The van der Waals surface area contributed by atoms with E-state index >= 15 is 0 Å². The van der Waals surface area contributed by atoms with E-state index in [4.69, 9.17) is 9.97 Å². The molecule has 2 aromatic heterocycles. The third kappa shape index (κ3) is 5.33. The van der Waals surface area contributed by atoms with E-state index in [2.05, 4.69) is 218 Å². The molecule has 0 N–H and O–H groups in total. The highest BCUT2D eigenvalue weighted by molar-refractivity contribution is 7.26. The first kappa shape index (κ1) is 34.6. The minimum Gasteiger partial charge on any atom is -0.228 e. The minimum atomic E-state index is -0.505. The quantitative estimate of drug-likeness (QED) is 0.168. The zero-order chi connectivity index (χ0) is 39.6. The normalized spacial score (nSPS) is 12.8. The molecular formula is C57H36N2S. The molecule has 2 heterocycles. The molecule has 0 unspecified atom stereocenters. The Labute approximate surface area is 352 Å². The molecule has 12 rings (SSSR count). The monoisotopic (exact) mass is 780 g/mol. The Kier molecular flexibility index (Phi) is 7.97.